The van der Waals surface area contributed by atoms with Crippen molar-refractivity contribution < 1.29 is 19.9 Å². The van der Waals surface area contributed by atoms with Gasteiger partial charge in [-0.05, 0) is 11.0 Å². The smallest absolute Gasteiger partial charge is 0.481 e. The summed E-state index contributed by atoms with van der Waals surface area (Å²) < 4.78 is 0. The Morgan fingerprint density at radius 1 is 1.29 bits per heavy atom. The summed E-state index contributed by atoms with van der Waals surface area (Å²) >= 11 is 0. The van der Waals surface area contributed by atoms with Crippen molar-refractivity contribution in [2.75, 3.05) is 13.1 Å². The van der Waals surface area contributed by atoms with E-state index in [-0.39, 0.29) is 5.92 Å². The van der Waals surface area contributed by atoms with Crippen LogP contribution in [-0.2, 0) is 11.3 Å². The Balaban J connectivity index is 1.86. The Labute approximate surface area is 99.4 Å². The number of carbonyl (C=O) groups is 1. The van der Waals surface area contributed by atoms with Gasteiger partial charge in [0.2, 0.25) is 0 Å². The minimum atomic E-state index is -1.44. The third kappa shape index (κ3) is 2.85. The van der Waals surface area contributed by atoms with Crippen LogP contribution in [0.15, 0.2) is 24.3 Å². The van der Waals surface area contributed by atoms with E-state index in [0.717, 1.165) is 5.56 Å². The first-order chi connectivity index (χ1) is 8.06. The Bertz CT molecular complexity index is 400. The van der Waals surface area contributed by atoms with Crippen LogP contribution < -0.4 is 5.46 Å². The first-order valence-electron chi connectivity index (χ1n) is 5.46. The standard InChI is InChI=1S/C11H14BNO4/c14-11(15)9-6-13(7-9)5-8-1-3-10(4-2-8)12(16)17/h1-4,9,16-17H,5-7H2,(H,14,15). The molecule has 3 N–H and O–H groups in total. The molecule has 0 radical (unpaired) electrons. The molecule has 1 saturated heterocycles. The van der Waals surface area contributed by atoms with E-state index < -0.39 is 13.1 Å². The number of aliphatic carboxylic acids is 1. The van der Waals surface area contributed by atoms with Gasteiger partial charge in [0.15, 0.2) is 0 Å². The molecule has 17 heavy (non-hydrogen) atoms. The number of carboxylic acid groups (broad SMARTS) is 1. The lowest BCUT2D eigenvalue weighted by atomic mass is 9.80. The molecule has 1 aromatic rings. The van der Waals surface area contributed by atoms with Crippen LogP contribution in [0.25, 0.3) is 0 Å². The number of likely N-dealkylation sites (tertiary alicyclic amines) is 1. The second-order valence-electron chi connectivity index (χ2n) is 4.34. The second kappa shape index (κ2) is 4.87. The molecular weight excluding hydrogens is 221 g/mol. The summed E-state index contributed by atoms with van der Waals surface area (Å²) in [7, 11) is -1.44. The first kappa shape index (κ1) is 12.1. The van der Waals surface area contributed by atoms with Gasteiger partial charge in [-0.2, -0.15) is 0 Å². The van der Waals surface area contributed by atoms with E-state index in [1.807, 2.05) is 17.0 Å². The van der Waals surface area contributed by atoms with Crippen LogP contribution >= 0.6 is 0 Å². The summed E-state index contributed by atoms with van der Waals surface area (Å²) in [6, 6.07) is 6.97. The molecule has 0 bridgehead atoms. The van der Waals surface area contributed by atoms with Crippen LogP contribution in [-0.4, -0.2) is 46.2 Å². The molecule has 0 spiro atoms. The van der Waals surface area contributed by atoms with Crippen LogP contribution in [0, 0.1) is 5.92 Å². The van der Waals surface area contributed by atoms with Crippen molar-refractivity contribution in [3.63, 3.8) is 0 Å². The molecule has 1 aliphatic rings. The van der Waals surface area contributed by atoms with Gasteiger partial charge in [0.1, 0.15) is 0 Å². The molecule has 2 rings (SSSR count). The highest BCUT2D eigenvalue weighted by atomic mass is 16.4. The zero-order chi connectivity index (χ0) is 12.4. The van der Waals surface area contributed by atoms with Crippen molar-refractivity contribution in [3.05, 3.63) is 29.8 Å². The average Bonchev–Trinajstić information content (AvgIpc) is 2.23. The van der Waals surface area contributed by atoms with E-state index in [9.17, 15) is 4.79 Å². The minimum Gasteiger partial charge on any atom is -0.481 e. The van der Waals surface area contributed by atoms with Gasteiger partial charge < -0.3 is 15.2 Å². The van der Waals surface area contributed by atoms with Crippen LogP contribution in [0.2, 0.25) is 0 Å². The summed E-state index contributed by atoms with van der Waals surface area (Å²) in [4.78, 5) is 12.7. The van der Waals surface area contributed by atoms with Gasteiger partial charge in [-0.25, -0.2) is 0 Å². The number of rotatable bonds is 4. The van der Waals surface area contributed by atoms with Gasteiger partial charge in [0.25, 0.3) is 0 Å². The number of hydrogen-bond donors (Lipinski definition) is 3. The molecular formula is C11H14BNO4. The third-order valence-corrected chi connectivity index (χ3v) is 2.99. The lowest BCUT2D eigenvalue weighted by Gasteiger charge is -2.36. The monoisotopic (exact) mass is 235 g/mol. The molecule has 0 atom stereocenters. The van der Waals surface area contributed by atoms with Gasteiger partial charge in [-0.1, -0.05) is 24.3 Å². The highest BCUT2D eigenvalue weighted by Crippen LogP contribution is 2.18. The van der Waals surface area contributed by atoms with E-state index >= 15 is 0 Å². The predicted molar refractivity (Wildman–Crippen MR) is 62.7 cm³/mol. The number of carboxylic acids is 1. The number of hydrogen-bond acceptors (Lipinski definition) is 4. The lowest BCUT2D eigenvalue weighted by Crippen LogP contribution is -2.49. The van der Waals surface area contributed by atoms with Gasteiger partial charge in [-0.3, -0.25) is 9.69 Å². The lowest BCUT2D eigenvalue weighted by molar-refractivity contribution is -0.147. The molecule has 0 aliphatic carbocycles. The van der Waals surface area contributed by atoms with Crippen LogP contribution in [0.1, 0.15) is 5.56 Å². The largest absolute Gasteiger partial charge is 0.488 e. The Hall–Kier alpha value is -1.37. The fourth-order valence-electron chi connectivity index (χ4n) is 1.91. The summed E-state index contributed by atoms with van der Waals surface area (Å²) in [5, 5.41) is 26.6. The fraction of sp³-hybridized carbons (Fsp3) is 0.364. The molecule has 1 aliphatic heterocycles. The number of benzene rings is 1. The Morgan fingerprint density at radius 3 is 2.35 bits per heavy atom. The van der Waals surface area contributed by atoms with E-state index in [4.69, 9.17) is 15.2 Å². The van der Waals surface area contributed by atoms with Crippen LogP contribution in [0.4, 0.5) is 0 Å². The van der Waals surface area contributed by atoms with Crippen molar-refractivity contribution >= 4 is 18.6 Å². The molecule has 0 unspecified atom stereocenters. The first-order valence-corrected chi connectivity index (χ1v) is 5.46. The molecule has 0 saturated carbocycles. The minimum absolute atomic E-state index is 0.242. The molecule has 90 valence electrons. The molecule has 1 aromatic carbocycles. The van der Waals surface area contributed by atoms with Crippen molar-refractivity contribution in [1.82, 2.24) is 4.90 Å². The van der Waals surface area contributed by atoms with Crippen molar-refractivity contribution in [3.8, 4) is 0 Å². The van der Waals surface area contributed by atoms with E-state index in [1.54, 1.807) is 12.1 Å². The quantitative estimate of drug-likeness (QED) is 0.576. The summed E-state index contributed by atoms with van der Waals surface area (Å²) in [6.07, 6.45) is 0. The fourth-order valence-corrected chi connectivity index (χ4v) is 1.91. The van der Waals surface area contributed by atoms with E-state index in [1.165, 1.54) is 0 Å². The van der Waals surface area contributed by atoms with E-state index in [2.05, 4.69) is 0 Å². The molecule has 1 fully saturated rings. The highest BCUT2D eigenvalue weighted by molar-refractivity contribution is 6.58. The van der Waals surface area contributed by atoms with Gasteiger partial charge in [0, 0.05) is 19.6 Å². The molecule has 1 heterocycles. The zero-order valence-electron chi connectivity index (χ0n) is 9.28. The maximum absolute atomic E-state index is 10.6. The van der Waals surface area contributed by atoms with Crippen LogP contribution in [0.3, 0.4) is 0 Å². The van der Waals surface area contributed by atoms with Gasteiger partial charge >= 0.3 is 13.1 Å². The Kier molecular flexibility index (Phi) is 3.47. The predicted octanol–water partition coefficient (Wildman–Crippen LogP) is -1.12. The molecule has 5 nitrogen and oxygen atoms in total. The highest BCUT2D eigenvalue weighted by Gasteiger charge is 2.32. The normalized spacial score (nSPS) is 16.6. The molecule has 0 amide bonds. The third-order valence-electron chi connectivity index (χ3n) is 2.99. The van der Waals surface area contributed by atoms with Crippen molar-refractivity contribution in [2.45, 2.75) is 6.54 Å². The maximum atomic E-state index is 10.6. The SMILES string of the molecule is O=C(O)C1CN(Cc2ccc(B(O)O)cc2)C1. The topological polar surface area (TPSA) is 81.0 Å². The summed E-state index contributed by atoms with van der Waals surface area (Å²) in [5.74, 6) is -0.978. The Morgan fingerprint density at radius 2 is 1.88 bits per heavy atom. The van der Waals surface area contributed by atoms with E-state index in [0.29, 0.717) is 25.1 Å². The summed E-state index contributed by atoms with van der Waals surface area (Å²) in [6.45, 7) is 1.87. The maximum Gasteiger partial charge on any atom is 0.488 e. The van der Waals surface area contributed by atoms with Crippen molar-refractivity contribution in [2.24, 2.45) is 5.92 Å². The molecule has 6 heteroatoms. The molecule has 0 aromatic heterocycles. The van der Waals surface area contributed by atoms with Gasteiger partial charge in [-0.15, -0.1) is 0 Å². The average molecular weight is 235 g/mol. The zero-order valence-corrected chi connectivity index (χ0v) is 9.28. The van der Waals surface area contributed by atoms with Gasteiger partial charge in [0.05, 0.1) is 5.92 Å². The van der Waals surface area contributed by atoms with Crippen molar-refractivity contribution in [1.29, 1.82) is 0 Å². The second-order valence-corrected chi connectivity index (χ2v) is 4.34. The number of nitrogens with zero attached hydrogens (tertiary/aromatic N) is 1. The summed E-state index contributed by atoms with van der Waals surface area (Å²) in [5.41, 5.74) is 1.50. The van der Waals surface area contributed by atoms with Crippen LogP contribution in [0.5, 0.6) is 0 Å².